The molecule has 1 aliphatic rings. The molecule has 19 heavy (non-hydrogen) atoms. The van der Waals surface area contributed by atoms with Gasteiger partial charge < -0.3 is 14.8 Å². The minimum absolute atomic E-state index is 0.0521. The summed E-state index contributed by atoms with van der Waals surface area (Å²) in [5.74, 6) is -0.551. The fourth-order valence-corrected chi connectivity index (χ4v) is 2.08. The van der Waals surface area contributed by atoms with Crippen LogP contribution in [0.2, 0.25) is 0 Å². The Labute approximate surface area is 109 Å². The van der Waals surface area contributed by atoms with Gasteiger partial charge in [-0.1, -0.05) is 0 Å². The van der Waals surface area contributed by atoms with Crippen LogP contribution in [0, 0.1) is 5.82 Å². The number of alkyl halides is 2. The van der Waals surface area contributed by atoms with E-state index in [4.69, 9.17) is 4.74 Å². The van der Waals surface area contributed by atoms with Gasteiger partial charge in [-0.15, -0.1) is 0 Å². The Kier molecular flexibility index (Phi) is 4.90. The highest BCUT2D eigenvalue weighted by Crippen LogP contribution is 2.27. The molecule has 1 atom stereocenters. The predicted molar refractivity (Wildman–Crippen MR) is 65.1 cm³/mol. The fourth-order valence-electron chi connectivity index (χ4n) is 2.08. The van der Waals surface area contributed by atoms with E-state index in [-0.39, 0.29) is 17.5 Å². The summed E-state index contributed by atoms with van der Waals surface area (Å²) < 4.78 is 47.3. The van der Waals surface area contributed by atoms with Gasteiger partial charge in [0.1, 0.15) is 11.6 Å². The first-order valence-corrected chi connectivity index (χ1v) is 6.25. The van der Waals surface area contributed by atoms with E-state index in [9.17, 15) is 13.2 Å². The van der Waals surface area contributed by atoms with Crippen LogP contribution >= 0.6 is 0 Å². The molecule has 1 aliphatic heterocycles. The van der Waals surface area contributed by atoms with E-state index in [0.717, 1.165) is 38.0 Å². The average Bonchev–Trinajstić information content (AvgIpc) is 2.85. The van der Waals surface area contributed by atoms with Gasteiger partial charge in [-0.25, -0.2) is 4.39 Å². The van der Waals surface area contributed by atoms with Crippen molar-refractivity contribution in [3.63, 3.8) is 0 Å². The summed E-state index contributed by atoms with van der Waals surface area (Å²) >= 11 is 0. The molecule has 0 radical (unpaired) electrons. The molecule has 1 heterocycles. The fraction of sp³-hybridized carbons (Fsp3) is 0.538. The monoisotopic (exact) mass is 275 g/mol. The van der Waals surface area contributed by atoms with Crippen molar-refractivity contribution >= 4 is 5.69 Å². The van der Waals surface area contributed by atoms with Gasteiger partial charge in [0.05, 0.1) is 11.8 Å². The molecule has 2 rings (SSSR count). The zero-order valence-electron chi connectivity index (χ0n) is 10.4. The third kappa shape index (κ3) is 4.31. The Bertz CT molecular complexity index is 409. The van der Waals surface area contributed by atoms with Crippen LogP contribution in [-0.4, -0.2) is 25.9 Å². The van der Waals surface area contributed by atoms with E-state index in [1.807, 2.05) is 0 Å². The van der Waals surface area contributed by atoms with Crippen LogP contribution in [0.1, 0.15) is 19.3 Å². The number of anilines is 1. The lowest BCUT2D eigenvalue weighted by molar-refractivity contribution is -0.0494. The van der Waals surface area contributed by atoms with Crippen molar-refractivity contribution in [2.24, 2.45) is 0 Å². The molecule has 1 aromatic rings. The van der Waals surface area contributed by atoms with E-state index < -0.39 is 12.4 Å². The Morgan fingerprint density at radius 1 is 1.42 bits per heavy atom. The molecule has 0 aliphatic carbocycles. The van der Waals surface area contributed by atoms with Crippen molar-refractivity contribution in [2.45, 2.75) is 32.0 Å². The second kappa shape index (κ2) is 6.65. The van der Waals surface area contributed by atoms with Crippen LogP contribution in [-0.2, 0) is 4.74 Å². The van der Waals surface area contributed by atoms with Crippen LogP contribution in [0.4, 0.5) is 18.9 Å². The largest absolute Gasteiger partial charge is 0.433 e. The normalized spacial score (nSPS) is 18.8. The van der Waals surface area contributed by atoms with Crippen LogP contribution in [0.15, 0.2) is 18.2 Å². The molecule has 106 valence electrons. The van der Waals surface area contributed by atoms with Crippen molar-refractivity contribution < 1.29 is 22.6 Å². The Morgan fingerprint density at radius 2 is 2.26 bits per heavy atom. The first kappa shape index (κ1) is 14.0. The number of rotatable bonds is 6. The van der Waals surface area contributed by atoms with Gasteiger partial charge in [0, 0.05) is 19.2 Å². The molecular weight excluding hydrogens is 259 g/mol. The van der Waals surface area contributed by atoms with Crippen molar-refractivity contribution in [2.75, 3.05) is 18.5 Å². The lowest BCUT2D eigenvalue weighted by atomic mass is 10.2. The Morgan fingerprint density at radius 3 is 2.95 bits per heavy atom. The van der Waals surface area contributed by atoms with Gasteiger partial charge in [-0.3, -0.25) is 0 Å². The highest BCUT2D eigenvalue weighted by molar-refractivity contribution is 5.56. The maximum atomic E-state index is 13.1. The molecule has 1 unspecified atom stereocenters. The van der Waals surface area contributed by atoms with Gasteiger partial charge >= 0.3 is 6.61 Å². The van der Waals surface area contributed by atoms with Gasteiger partial charge in [-0.05, 0) is 31.4 Å². The maximum Gasteiger partial charge on any atom is 0.387 e. The minimum atomic E-state index is -2.93. The lowest BCUT2D eigenvalue weighted by Crippen LogP contribution is -2.13. The zero-order valence-corrected chi connectivity index (χ0v) is 10.4. The summed E-state index contributed by atoms with van der Waals surface area (Å²) in [6.07, 6.45) is 3.00. The van der Waals surface area contributed by atoms with Gasteiger partial charge in [0.15, 0.2) is 0 Å². The molecule has 1 aromatic carbocycles. The number of nitrogens with one attached hydrogen (secondary N) is 1. The highest BCUT2D eigenvalue weighted by atomic mass is 19.3. The van der Waals surface area contributed by atoms with E-state index in [1.165, 1.54) is 6.07 Å². The minimum Gasteiger partial charge on any atom is -0.433 e. The van der Waals surface area contributed by atoms with E-state index >= 15 is 0 Å². The van der Waals surface area contributed by atoms with Crippen LogP contribution in [0.3, 0.4) is 0 Å². The summed E-state index contributed by atoms with van der Waals surface area (Å²) in [4.78, 5) is 0. The maximum absolute atomic E-state index is 13.1. The molecule has 1 fully saturated rings. The molecule has 6 heteroatoms. The lowest BCUT2D eigenvalue weighted by Gasteiger charge is -2.14. The van der Waals surface area contributed by atoms with Gasteiger partial charge in [-0.2, -0.15) is 8.78 Å². The molecule has 1 N–H and O–H groups in total. The van der Waals surface area contributed by atoms with Crippen molar-refractivity contribution in [1.82, 2.24) is 0 Å². The number of hydrogen-bond donors (Lipinski definition) is 1. The standard InChI is InChI=1S/C13H16F3NO2/c14-9-3-4-12(19-13(15)16)11(8-9)17-6-5-10-2-1-7-18-10/h3-4,8,10,13,17H,1-2,5-7H2. The van der Waals surface area contributed by atoms with Crippen LogP contribution in [0.5, 0.6) is 5.75 Å². The molecule has 3 nitrogen and oxygen atoms in total. The van der Waals surface area contributed by atoms with E-state index in [2.05, 4.69) is 10.1 Å². The first-order chi connectivity index (χ1) is 9.15. The summed E-state index contributed by atoms with van der Waals surface area (Å²) in [5, 5.41) is 2.91. The summed E-state index contributed by atoms with van der Waals surface area (Å²) in [6.45, 7) is -1.64. The molecule has 0 saturated carbocycles. The van der Waals surface area contributed by atoms with Crippen molar-refractivity contribution in [3.05, 3.63) is 24.0 Å². The smallest absolute Gasteiger partial charge is 0.387 e. The second-order valence-corrected chi connectivity index (χ2v) is 4.37. The third-order valence-electron chi connectivity index (χ3n) is 2.96. The molecule has 0 spiro atoms. The Balaban J connectivity index is 1.91. The molecule has 0 bridgehead atoms. The molecular formula is C13H16F3NO2. The van der Waals surface area contributed by atoms with E-state index in [1.54, 1.807) is 0 Å². The molecule has 1 saturated heterocycles. The van der Waals surface area contributed by atoms with Crippen LogP contribution < -0.4 is 10.1 Å². The number of hydrogen-bond acceptors (Lipinski definition) is 3. The van der Waals surface area contributed by atoms with Crippen LogP contribution in [0.25, 0.3) is 0 Å². The number of halogens is 3. The number of benzene rings is 1. The summed E-state index contributed by atoms with van der Waals surface area (Å²) in [6, 6.07) is 3.42. The summed E-state index contributed by atoms with van der Waals surface area (Å²) in [5.41, 5.74) is 0.235. The quantitative estimate of drug-likeness (QED) is 0.863. The van der Waals surface area contributed by atoms with Gasteiger partial charge in [0.25, 0.3) is 0 Å². The second-order valence-electron chi connectivity index (χ2n) is 4.37. The van der Waals surface area contributed by atoms with Gasteiger partial charge in [0.2, 0.25) is 0 Å². The molecule has 0 aromatic heterocycles. The summed E-state index contributed by atoms with van der Waals surface area (Å²) in [7, 11) is 0. The predicted octanol–water partition coefficient (Wildman–Crippen LogP) is 3.41. The topological polar surface area (TPSA) is 30.5 Å². The van der Waals surface area contributed by atoms with Crippen molar-refractivity contribution in [3.8, 4) is 5.75 Å². The molecule has 0 amide bonds. The first-order valence-electron chi connectivity index (χ1n) is 6.25. The third-order valence-corrected chi connectivity index (χ3v) is 2.96. The highest BCUT2D eigenvalue weighted by Gasteiger charge is 2.15. The van der Waals surface area contributed by atoms with E-state index in [0.29, 0.717) is 6.54 Å². The Hall–Kier alpha value is -1.43. The SMILES string of the molecule is Fc1ccc(OC(F)F)c(NCCC2CCCO2)c1. The average molecular weight is 275 g/mol. The number of ether oxygens (including phenoxy) is 2. The zero-order chi connectivity index (χ0) is 13.7. The van der Waals surface area contributed by atoms with Crippen molar-refractivity contribution in [1.29, 1.82) is 0 Å².